The summed E-state index contributed by atoms with van der Waals surface area (Å²) in [6, 6.07) is 6.61. The second-order valence-electron chi connectivity index (χ2n) is 7.88. The van der Waals surface area contributed by atoms with Crippen LogP contribution in [-0.4, -0.2) is 21.7 Å². The first-order chi connectivity index (χ1) is 13.2. The van der Waals surface area contributed by atoms with Crippen molar-refractivity contribution >= 4 is 5.91 Å². The van der Waals surface area contributed by atoms with E-state index in [4.69, 9.17) is 0 Å². The monoisotopic (exact) mass is 369 g/mol. The van der Waals surface area contributed by atoms with Gasteiger partial charge in [-0.05, 0) is 62.8 Å². The van der Waals surface area contributed by atoms with E-state index in [0.717, 1.165) is 55.5 Å². The maximum Gasteiger partial charge on any atom is 0.272 e. The minimum absolute atomic E-state index is 0.0421. The Morgan fingerprint density at radius 3 is 2.37 bits per heavy atom. The Hall–Kier alpha value is -2.17. The molecule has 0 unspecified atom stereocenters. The summed E-state index contributed by atoms with van der Waals surface area (Å²) in [5.74, 6) is -0.304. The van der Waals surface area contributed by atoms with Crippen LogP contribution in [0.15, 0.2) is 24.3 Å². The van der Waals surface area contributed by atoms with E-state index in [0.29, 0.717) is 5.69 Å². The molecule has 27 heavy (non-hydrogen) atoms. The molecule has 0 bridgehead atoms. The van der Waals surface area contributed by atoms with E-state index in [1.807, 2.05) is 4.68 Å². The third-order valence-corrected chi connectivity index (χ3v) is 5.91. The van der Waals surface area contributed by atoms with Gasteiger partial charge < -0.3 is 5.32 Å². The van der Waals surface area contributed by atoms with Crippen LogP contribution < -0.4 is 5.32 Å². The molecule has 2 aromatic rings. The van der Waals surface area contributed by atoms with Gasteiger partial charge in [0.15, 0.2) is 5.69 Å². The Balaban J connectivity index is 1.60. The molecule has 1 heterocycles. The van der Waals surface area contributed by atoms with E-state index in [9.17, 15) is 9.18 Å². The Kier molecular flexibility index (Phi) is 5.55. The van der Waals surface area contributed by atoms with Crippen LogP contribution in [0.5, 0.6) is 0 Å². The van der Waals surface area contributed by atoms with Gasteiger partial charge in [-0.3, -0.25) is 4.79 Å². The van der Waals surface area contributed by atoms with Crippen molar-refractivity contribution in [3.8, 4) is 5.69 Å². The number of rotatable bonds is 3. The zero-order chi connectivity index (χ0) is 18.6. The maximum absolute atomic E-state index is 13.3. The summed E-state index contributed by atoms with van der Waals surface area (Å²) in [4.78, 5) is 13.0. The largest absolute Gasteiger partial charge is 0.348 e. The van der Waals surface area contributed by atoms with Crippen molar-refractivity contribution < 1.29 is 9.18 Å². The molecule has 0 saturated heterocycles. The molecule has 0 aliphatic heterocycles. The fourth-order valence-corrected chi connectivity index (χ4v) is 4.43. The number of amides is 1. The minimum Gasteiger partial charge on any atom is -0.348 e. The number of nitrogens with zero attached hydrogens (tertiary/aromatic N) is 2. The average molecular weight is 369 g/mol. The van der Waals surface area contributed by atoms with E-state index in [-0.39, 0.29) is 17.8 Å². The molecule has 1 aromatic heterocycles. The normalized spacial score (nSPS) is 18.4. The summed E-state index contributed by atoms with van der Waals surface area (Å²) >= 11 is 0. The van der Waals surface area contributed by atoms with Gasteiger partial charge in [0.05, 0.1) is 5.69 Å². The Bertz CT molecular complexity index is 789. The first-order valence-corrected chi connectivity index (χ1v) is 10.4. The van der Waals surface area contributed by atoms with Crippen molar-refractivity contribution in [2.24, 2.45) is 0 Å². The number of nitrogens with one attached hydrogen (secondary N) is 1. The van der Waals surface area contributed by atoms with Gasteiger partial charge in [-0.1, -0.05) is 32.1 Å². The molecule has 5 heteroatoms. The summed E-state index contributed by atoms with van der Waals surface area (Å²) < 4.78 is 15.2. The molecule has 0 atom stereocenters. The Morgan fingerprint density at radius 1 is 0.963 bits per heavy atom. The first kappa shape index (κ1) is 18.2. The first-order valence-electron chi connectivity index (χ1n) is 10.4. The van der Waals surface area contributed by atoms with Crippen molar-refractivity contribution in [3.63, 3.8) is 0 Å². The molecular formula is C22H28FN3O. The summed E-state index contributed by atoms with van der Waals surface area (Å²) in [6.07, 6.45) is 12.3. The Labute approximate surface area is 160 Å². The van der Waals surface area contributed by atoms with E-state index >= 15 is 0 Å². The van der Waals surface area contributed by atoms with Crippen LogP contribution in [0.1, 0.15) is 79.5 Å². The minimum atomic E-state index is -0.262. The Morgan fingerprint density at radius 2 is 1.63 bits per heavy atom. The summed E-state index contributed by atoms with van der Waals surface area (Å²) in [5, 5.41) is 7.93. The number of carbonyl (C=O) groups is 1. The predicted octanol–water partition coefficient (Wildman–Crippen LogP) is 4.73. The molecule has 1 N–H and O–H groups in total. The number of aromatic nitrogens is 2. The molecule has 0 spiro atoms. The van der Waals surface area contributed by atoms with Gasteiger partial charge in [0.25, 0.3) is 5.91 Å². The predicted molar refractivity (Wildman–Crippen MR) is 104 cm³/mol. The molecule has 144 valence electrons. The van der Waals surface area contributed by atoms with Crippen LogP contribution >= 0.6 is 0 Å². The number of fused-ring (bicyclic) bond motifs is 1. The molecule has 4 rings (SSSR count). The topological polar surface area (TPSA) is 46.9 Å². The number of hydrogen-bond donors (Lipinski definition) is 1. The van der Waals surface area contributed by atoms with E-state index in [1.165, 1.54) is 44.2 Å². The zero-order valence-electron chi connectivity index (χ0n) is 15.8. The lowest BCUT2D eigenvalue weighted by atomic mass is 9.94. The van der Waals surface area contributed by atoms with Crippen molar-refractivity contribution in [1.82, 2.24) is 15.1 Å². The molecule has 1 fully saturated rings. The number of carbonyl (C=O) groups excluding carboxylic acids is 1. The lowest BCUT2D eigenvalue weighted by Gasteiger charge is -2.21. The van der Waals surface area contributed by atoms with Crippen molar-refractivity contribution in [2.75, 3.05) is 0 Å². The fraction of sp³-hybridized carbons (Fsp3) is 0.545. The van der Waals surface area contributed by atoms with Crippen molar-refractivity contribution in [2.45, 2.75) is 76.7 Å². The van der Waals surface area contributed by atoms with Gasteiger partial charge in [0.1, 0.15) is 5.82 Å². The standard InChI is InChI=1S/C22H28FN3O/c23-16-12-14-18(15-13-16)26-20-11-7-6-10-19(20)21(25-26)22(27)24-17-8-4-2-1-3-5-9-17/h12-15,17H,1-11H2,(H,24,27). The summed E-state index contributed by atoms with van der Waals surface area (Å²) in [5.41, 5.74) is 3.57. The van der Waals surface area contributed by atoms with Crippen LogP contribution in [0.4, 0.5) is 4.39 Å². The van der Waals surface area contributed by atoms with Crippen LogP contribution in [0.3, 0.4) is 0 Å². The van der Waals surface area contributed by atoms with E-state index in [2.05, 4.69) is 10.4 Å². The summed E-state index contributed by atoms with van der Waals surface area (Å²) in [7, 11) is 0. The zero-order valence-corrected chi connectivity index (χ0v) is 15.8. The highest BCUT2D eigenvalue weighted by Gasteiger charge is 2.27. The molecule has 2 aliphatic rings. The third kappa shape index (κ3) is 4.07. The quantitative estimate of drug-likeness (QED) is 0.850. The van der Waals surface area contributed by atoms with Gasteiger partial charge in [-0.2, -0.15) is 5.10 Å². The summed E-state index contributed by atoms with van der Waals surface area (Å²) in [6.45, 7) is 0. The smallest absolute Gasteiger partial charge is 0.272 e. The third-order valence-electron chi connectivity index (χ3n) is 5.91. The SMILES string of the molecule is O=C(NC1CCCCCCC1)c1nn(-c2ccc(F)cc2)c2c1CCCC2. The van der Waals surface area contributed by atoms with Crippen LogP contribution in [0.25, 0.3) is 5.69 Å². The molecule has 1 saturated carbocycles. The van der Waals surface area contributed by atoms with Crippen LogP contribution in [0, 0.1) is 5.82 Å². The van der Waals surface area contributed by atoms with Gasteiger partial charge in [-0.25, -0.2) is 9.07 Å². The second-order valence-corrected chi connectivity index (χ2v) is 7.88. The molecular weight excluding hydrogens is 341 g/mol. The van der Waals surface area contributed by atoms with Gasteiger partial charge in [0, 0.05) is 17.3 Å². The number of halogens is 1. The van der Waals surface area contributed by atoms with Crippen LogP contribution in [0.2, 0.25) is 0 Å². The molecule has 4 nitrogen and oxygen atoms in total. The lowest BCUT2D eigenvalue weighted by Crippen LogP contribution is -2.36. The molecule has 2 aliphatic carbocycles. The molecule has 1 amide bonds. The fourth-order valence-electron chi connectivity index (χ4n) is 4.43. The molecule has 0 radical (unpaired) electrons. The second kappa shape index (κ2) is 8.24. The van der Waals surface area contributed by atoms with Gasteiger partial charge >= 0.3 is 0 Å². The van der Waals surface area contributed by atoms with E-state index in [1.54, 1.807) is 12.1 Å². The highest BCUT2D eigenvalue weighted by Crippen LogP contribution is 2.27. The van der Waals surface area contributed by atoms with Crippen molar-refractivity contribution in [1.29, 1.82) is 0 Å². The number of hydrogen-bond acceptors (Lipinski definition) is 2. The van der Waals surface area contributed by atoms with E-state index < -0.39 is 0 Å². The highest BCUT2D eigenvalue weighted by atomic mass is 19.1. The van der Waals surface area contributed by atoms with Gasteiger partial charge in [-0.15, -0.1) is 0 Å². The number of benzene rings is 1. The van der Waals surface area contributed by atoms with Crippen molar-refractivity contribution in [3.05, 3.63) is 47.0 Å². The lowest BCUT2D eigenvalue weighted by molar-refractivity contribution is 0.0924. The maximum atomic E-state index is 13.3. The highest BCUT2D eigenvalue weighted by molar-refractivity contribution is 5.94. The van der Waals surface area contributed by atoms with Gasteiger partial charge in [0.2, 0.25) is 0 Å². The average Bonchev–Trinajstić information content (AvgIpc) is 3.04. The van der Waals surface area contributed by atoms with Crippen LogP contribution in [-0.2, 0) is 12.8 Å². The molecule has 1 aromatic carbocycles.